The number of rotatable bonds is 5. The Bertz CT molecular complexity index is 796. The van der Waals surface area contributed by atoms with Crippen LogP contribution in [0.4, 0.5) is 5.00 Å². The van der Waals surface area contributed by atoms with Crippen molar-refractivity contribution in [2.45, 2.75) is 6.92 Å². The summed E-state index contributed by atoms with van der Waals surface area (Å²) in [6.45, 7) is 1.58. The van der Waals surface area contributed by atoms with Gasteiger partial charge in [-0.25, -0.2) is 4.79 Å². The molecule has 0 saturated heterocycles. The molecule has 3 N–H and O–H groups in total. The Morgan fingerprint density at radius 2 is 1.75 bits per heavy atom. The highest BCUT2D eigenvalue weighted by atomic mass is 32.1. The largest absolute Gasteiger partial charge is 0.497 e. The van der Waals surface area contributed by atoms with Crippen molar-refractivity contribution in [3.05, 3.63) is 45.8 Å². The molecule has 0 atom stereocenters. The first kappa shape index (κ1) is 17.5. The molecule has 0 spiro atoms. The molecule has 0 aliphatic carbocycles. The third-order valence-corrected chi connectivity index (χ3v) is 4.56. The number of esters is 1. The Morgan fingerprint density at radius 1 is 1.12 bits per heavy atom. The zero-order chi connectivity index (χ0) is 17.9. The molecule has 2 aromatic rings. The van der Waals surface area contributed by atoms with E-state index in [1.165, 1.54) is 14.2 Å². The molecule has 2 amide bonds. The summed E-state index contributed by atoms with van der Waals surface area (Å²) in [5.41, 5.74) is 6.18. The number of methoxy groups -OCH3 is 2. The van der Waals surface area contributed by atoms with Gasteiger partial charge in [-0.05, 0) is 36.8 Å². The maximum atomic E-state index is 12.4. The van der Waals surface area contributed by atoms with Gasteiger partial charge in [0.1, 0.15) is 10.8 Å². The third kappa shape index (κ3) is 3.38. The number of carbonyl (C=O) groups is 3. The van der Waals surface area contributed by atoms with Gasteiger partial charge in [-0.15, -0.1) is 11.3 Å². The highest BCUT2D eigenvalue weighted by Gasteiger charge is 2.25. The molecule has 0 bridgehead atoms. The van der Waals surface area contributed by atoms with Crippen LogP contribution in [0.3, 0.4) is 0 Å². The van der Waals surface area contributed by atoms with Gasteiger partial charge in [-0.3, -0.25) is 9.59 Å². The predicted molar refractivity (Wildman–Crippen MR) is 89.9 cm³/mol. The molecule has 0 radical (unpaired) electrons. The molecule has 7 nitrogen and oxygen atoms in total. The van der Waals surface area contributed by atoms with Gasteiger partial charge in [0.15, 0.2) is 0 Å². The molecular formula is C16H16N2O5S. The molecule has 1 heterocycles. The molecule has 0 saturated carbocycles. The minimum Gasteiger partial charge on any atom is -0.497 e. The molecule has 24 heavy (non-hydrogen) atoms. The summed E-state index contributed by atoms with van der Waals surface area (Å²) in [5, 5.41) is 2.84. The van der Waals surface area contributed by atoms with Gasteiger partial charge in [0, 0.05) is 5.56 Å². The summed E-state index contributed by atoms with van der Waals surface area (Å²) in [6, 6.07) is 6.46. The van der Waals surface area contributed by atoms with Gasteiger partial charge in [0.05, 0.1) is 24.7 Å². The first-order valence-corrected chi connectivity index (χ1v) is 7.67. The van der Waals surface area contributed by atoms with Crippen molar-refractivity contribution in [1.29, 1.82) is 0 Å². The summed E-state index contributed by atoms with van der Waals surface area (Å²) < 4.78 is 9.75. The number of benzene rings is 1. The number of anilines is 1. The normalized spacial score (nSPS) is 10.1. The molecule has 2 rings (SSSR count). The number of primary amides is 1. The van der Waals surface area contributed by atoms with E-state index in [0.717, 1.165) is 11.3 Å². The van der Waals surface area contributed by atoms with Gasteiger partial charge in [0.2, 0.25) is 0 Å². The number of hydrogen-bond acceptors (Lipinski definition) is 6. The summed E-state index contributed by atoms with van der Waals surface area (Å²) in [4.78, 5) is 36.0. The highest BCUT2D eigenvalue weighted by molar-refractivity contribution is 7.18. The van der Waals surface area contributed by atoms with Crippen molar-refractivity contribution in [2.24, 2.45) is 5.73 Å². The van der Waals surface area contributed by atoms with Crippen LogP contribution in [-0.4, -0.2) is 32.0 Å². The number of amides is 2. The van der Waals surface area contributed by atoms with Gasteiger partial charge < -0.3 is 20.5 Å². The minimum atomic E-state index is -0.674. The van der Waals surface area contributed by atoms with Crippen LogP contribution in [0.2, 0.25) is 0 Å². The standard InChI is InChI=1S/C16H16N2O5S/c1-8-11(16(21)23-3)15(24-12(8)13(17)19)18-14(20)9-4-6-10(22-2)7-5-9/h4-7H,1-3H3,(H2,17,19)(H,18,20). The zero-order valence-electron chi connectivity index (χ0n) is 13.3. The van der Waals surface area contributed by atoms with E-state index in [1.54, 1.807) is 31.2 Å². The molecule has 1 aromatic carbocycles. The van der Waals surface area contributed by atoms with E-state index >= 15 is 0 Å². The summed E-state index contributed by atoms with van der Waals surface area (Å²) in [5.74, 6) is -1.14. The number of ether oxygens (including phenoxy) is 2. The quantitative estimate of drug-likeness (QED) is 0.806. The molecule has 126 valence electrons. The van der Waals surface area contributed by atoms with Crippen LogP contribution in [0.15, 0.2) is 24.3 Å². The lowest BCUT2D eigenvalue weighted by atomic mass is 10.1. The fraction of sp³-hybridized carbons (Fsp3) is 0.188. The van der Waals surface area contributed by atoms with Crippen molar-refractivity contribution < 1.29 is 23.9 Å². The first-order chi connectivity index (χ1) is 11.4. The number of carbonyl (C=O) groups excluding carboxylic acids is 3. The fourth-order valence-corrected chi connectivity index (χ4v) is 3.14. The van der Waals surface area contributed by atoms with Crippen molar-refractivity contribution in [1.82, 2.24) is 0 Å². The Balaban J connectivity index is 2.36. The van der Waals surface area contributed by atoms with Crippen LogP contribution in [-0.2, 0) is 4.74 Å². The predicted octanol–water partition coefficient (Wildman–Crippen LogP) is 2.20. The second kappa shape index (κ2) is 7.14. The second-order valence-corrected chi connectivity index (χ2v) is 5.82. The van der Waals surface area contributed by atoms with Crippen LogP contribution in [0.1, 0.15) is 36.0 Å². The van der Waals surface area contributed by atoms with Crippen LogP contribution in [0.5, 0.6) is 5.75 Å². The number of thiophene rings is 1. The van der Waals surface area contributed by atoms with Crippen molar-refractivity contribution in [3.63, 3.8) is 0 Å². The fourth-order valence-electron chi connectivity index (χ4n) is 2.10. The summed E-state index contributed by atoms with van der Waals surface area (Å²) in [6.07, 6.45) is 0. The summed E-state index contributed by atoms with van der Waals surface area (Å²) >= 11 is 0.937. The van der Waals surface area contributed by atoms with E-state index in [9.17, 15) is 14.4 Å². The SMILES string of the molecule is COC(=O)c1c(NC(=O)c2ccc(OC)cc2)sc(C(N)=O)c1C. The maximum Gasteiger partial charge on any atom is 0.341 e. The molecule has 0 aliphatic heterocycles. The van der Waals surface area contributed by atoms with E-state index < -0.39 is 17.8 Å². The molecule has 0 aliphatic rings. The zero-order valence-corrected chi connectivity index (χ0v) is 14.2. The maximum absolute atomic E-state index is 12.4. The second-order valence-electron chi connectivity index (χ2n) is 4.80. The average molecular weight is 348 g/mol. The lowest BCUT2D eigenvalue weighted by molar-refractivity contribution is 0.0601. The number of nitrogens with two attached hydrogens (primary N) is 1. The van der Waals surface area contributed by atoms with Crippen LogP contribution in [0, 0.1) is 6.92 Å². The summed E-state index contributed by atoms with van der Waals surface area (Å²) in [7, 11) is 2.75. The average Bonchev–Trinajstić information content (AvgIpc) is 2.90. The van der Waals surface area contributed by atoms with Crippen molar-refractivity contribution in [3.8, 4) is 5.75 Å². The Hall–Kier alpha value is -2.87. The smallest absolute Gasteiger partial charge is 0.341 e. The van der Waals surface area contributed by atoms with E-state index in [0.29, 0.717) is 16.9 Å². The van der Waals surface area contributed by atoms with E-state index in [-0.39, 0.29) is 15.4 Å². The third-order valence-electron chi connectivity index (χ3n) is 3.34. The van der Waals surface area contributed by atoms with Crippen LogP contribution in [0.25, 0.3) is 0 Å². The molecule has 0 fully saturated rings. The Kier molecular flexibility index (Phi) is 5.20. The molecule has 0 unspecified atom stereocenters. The van der Waals surface area contributed by atoms with Crippen molar-refractivity contribution >= 4 is 34.1 Å². The van der Waals surface area contributed by atoms with Crippen molar-refractivity contribution in [2.75, 3.05) is 19.5 Å². The highest BCUT2D eigenvalue weighted by Crippen LogP contribution is 2.33. The topological polar surface area (TPSA) is 108 Å². The number of nitrogens with one attached hydrogen (secondary N) is 1. The lowest BCUT2D eigenvalue weighted by Gasteiger charge is -2.07. The van der Waals surface area contributed by atoms with Gasteiger partial charge in [-0.1, -0.05) is 0 Å². The molecular weight excluding hydrogens is 332 g/mol. The van der Waals surface area contributed by atoms with E-state index in [2.05, 4.69) is 5.32 Å². The van der Waals surface area contributed by atoms with Gasteiger partial charge >= 0.3 is 5.97 Å². The van der Waals surface area contributed by atoms with Gasteiger partial charge in [0.25, 0.3) is 11.8 Å². The lowest BCUT2D eigenvalue weighted by Crippen LogP contribution is -2.14. The van der Waals surface area contributed by atoms with Crippen LogP contribution >= 0.6 is 11.3 Å². The monoisotopic (exact) mass is 348 g/mol. The van der Waals surface area contributed by atoms with E-state index in [4.69, 9.17) is 15.2 Å². The number of hydrogen-bond donors (Lipinski definition) is 2. The first-order valence-electron chi connectivity index (χ1n) is 6.86. The Labute approximate surface area is 142 Å². The molecule has 8 heteroatoms. The van der Waals surface area contributed by atoms with Crippen LogP contribution < -0.4 is 15.8 Å². The minimum absolute atomic E-state index is 0.123. The van der Waals surface area contributed by atoms with Gasteiger partial charge in [-0.2, -0.15) is 0 Å². The Morgan fingerprint density at radius 3 is 2.25 bits per heavy atom. The van der Waals surface area contributed by atoms with E-state index in [1.807, 2.05) is 0 Å². The molecule has 1 aromatic heterocycles.